The summed E-state index contributed by atoms with van der Waals surface area (Å²) >= 11 is 0. The van der Waals surface area contributed by atoms with Crippen molar-refractivity contribution < 1.29 is 0 Å². The van der Waals surface area contributed by atoms with Gasteiger partial charge in [-0.2, -0.15) is 0 Å². The predicted molar refractivity (Wildman–Crippen MR) is 136 cm³/mol. The van der Waals surface area contributed by atoms with Gasteiger partial charge in [0.1, 0.15) is 11.7 Å². The van der Waals surface area contributed by atoms with Crippen molar-refractivity contribution in [2.45, 2.75) is 0 Å². The molecule has 0 saturated heterocycles. The third-order valence-corrected chi connectivity index (χ3v) is 5.47. The number of nitrogens with two attached hydrogens (primary N) is 1. The van der Waals surface area contributed by atoms with Gasteiger partial charge in [-0.1, -0.05) is 78.9 Å². The predicted octanol–water partition coefficient (Wildman–Crippen LogP) is 5.47. The van der Waals surface area contributed by atoms with E-state index in [1.165, 1.54) is 0 Å². The zero-order chi connectivity index (χ0) is 22.6. The van der Waals surface area contributed by atoms with E-state index < -0.39 is 0 Å². The van der Waals surface area contributed by atoms with Gasteiger partial charge in [-0.25, -0.2) is 9.98 Å². The van der Waals surface area contributed by atoms with Crippen molar-refractivity contribution in [3.63, 3.8) is 0 Å². The number of nitrogens with zero attached hydrogens (tertiary/aromatic N) is 4. The average Bonchev–Trinajstić information content (AvgIpc) is 3.27. The van der Waals surface area contributed by atoms with E-state index in [4.69, 9.17) is 10.7 Å². The summed E-state index contributed by atoms with van der Waals surface area (Å²) in [7, 11) is 1.72. The number of benzene rings is 4. The Hall–Kier alpha value is -4.51. The van der Waals surface area contributed by atoms with E-state index in [0.717, 1.165) is 39.2 Å². The van der Waals surface area contributed by atoms with Crippen LogP contribution in [0.3, 0.4) is 0 Å². The Labute approximate surface area is 192 Å². The van der Waals surface area contributed by atoms with E-state index in [1.807, 2.05) is 78.9 Å². The van der Waals surface area contributed by atoms with Gasteiger partial charge in [-0.05, 0) is 30.3 Å². The highest BCUT2D eigenvalue weighted by Gasteiger charge is 2.15. The van der Waals surface area contributed by atoms with Crippen molar-refractivity contribution in [1.29, 1.82) is 0 Å². The SMILES string of the molecule is CN=C(N=C(N)c1ccccc1)c1ccc2c(c1)nc(-c1ccccc1)n2-c1ccccc1. The topological polar surface area (TPSA) is 68.6 Å². The minimum absolute atomic E-state index is 0.427. The Morgan fingerprint density at radius 2 is 1.39 bits per heavy atom. The van der Waals surface area contributed by atoms with Gasteiger partial charge in [-0.15, -0.1) is 0 Å². The van der Waals surface area contributed by atoms with E-state index in [9.17, 15) is 0 Å². The third-order valence-electron chi connectivity index (χ3n) is 5.47. The first-order chi connectivity index (χ1) is 16.2. The number of aliphatic imine (C=N–C) groups is 2. The van der Waals surface area contributed by atoms with Crippen molar-refractivity contribution in [2.75, 3.05) is 7.05 Å². The Kier molecular flexibility index (Phi) is 5.52. The summed E-state index contributed by atoms with van der Waals surface area (Å²) < 4.78 is 2.18. The van der Waals surface area contributed by atoms with Crippen molar-refractivity contribution in [3.8, 4) is 17.1 Å². The van der Waals surface area contributed by atoms with Gasteiger partial charge in [0.2, 0.25) is 0 Å². The van der Waals surface area contributed by atoms with Gasteiger partial charge in [-0.3, -0.25) is 9.56 Å². The molecular weight excluding hydrogens is 406 g/mol. The molecular formula is C28H23N5. The smallest absolute Gasteiger partial charge is 0.156 e. The van der Waals surface area contributed by atoms with E-state index in [2.05, 4.69) is 44.9 Å². The van der Waals surface area contributed by atoms with Crippen LogP contribution in [-0.2, 0) is 0 Å². The van der Waals surface area contributed by atoms with E-state index in [0.29, 0.717) is 11.7 Å². The van der Waals surface area contributed by atoms with Crippen LogP contribution < -0.4 is 5.73 Å². The zero-order valence-electron chi connectivity index (χ0n) is 18.3. The molecule has 0 aliphatic rings. The maximum atomic E-state index is 6.25. The molecule has 0 fully saturated rings. The molecule has 5 heteroatoms. The number of para-hydroxylation sites is 1. The number of fused-ring (bicyclic) bond motifs is 1. The monoisotopic (exact) mass is 429 g/mol. The van der Waals surface area contributed by atoms with Crippen LogP contribution in [0.2, 0.25) is 0 Å². The summed E-state index contributed by atoms with van der Waals surface area (Å²) in [6.07, 6.45) is 0. The molecule has 0 aliphatic heterocycles. The molecule has 2 N–H and O–H groups in total. The lowest BCUT2D eigenvalue weighted by molar-refractivity contribution is 1.10. The van der Waals surface area contributed by atoms with Gasteiger partial charge in [0.15, 0.2) is 5.84 Å². The quantitative estimate of drug-likeness (QED) is 0.304. The summed E-state index contributed by atoms with van der Waals surface area (Å²) in [6.45, 7) is 0. The van der Waals surface area contributed by atoms with Crippen molar-refractivity contribution in [1.82, 2.24) is 9.55 Å². The van der Waals surface area contributed by atoms with Gasteiger partial charge in [0, 0.05) is 29.4 Å². The number of imidazole rings is 1. The maximum Gasteiger partial charge on any atom is 0.156 e. The number of hydrogen-bond acceptors (Lipinski definition) is 2. The maximum absolute atomic E-state index is 6.25. The van der Waals surface area contributed by atoms with Gasteiger partial charge in [0.25, 0.3) is 0 Å². The second kappa shape index (κ2) is 8.93. The lowest BCUT2D eigenvalue weighted by Crippen LogP contribution is -2.16. The van der Waals surface area contributed by atoms with Crippen LogP contribution >= 0.6 is 0 Å². The normalized spacial score (nSPS) is 12.3. The van der Waals surface area contributed by atoms with Crippen LogP contribution in [0.25, 0.3) is 28.1 Å². The summed E-state index contributed by atoms with van der Waals surface area (Å²) in [5.41, 5.74) is 12.0. The molecule has 0 spiro atoms. The fourth-order valence-electron chi connectivity index (χ4n) is 3.87. The third kappa shape index (κ3) is 4.04. The van der Waals surface area contributed by atoms with Crippen molar-refractivity contribution in [2.24, 2.45) is 15.7 Å². The molecule has 4 aromatic carbocycles. The standard InChI is InChI=1S/C28H23N5/c1-30-27(32-26(29)20-11-5-2-6-12-20)22-17-18-25-24(19-22)31-28(21-13-7-3-8-14-21)33(25)23-15-9-4-10-16-23/h2-19H,1H3,(H2,29,30,32). The molecule has 1 aromatic heterocycles. The molecule has 0 bridgehead atoms. The second-order valence-electron chi connectivity index (χ2n) is 7.59. The first-order valence-electron chi connectivity index (χ1n) is 10.7. The highest BCUT2D eigenvalue weighted by molar-refractivity contribution is 6.11. The van der Waals surface area contributed by atoms with Crippen LogP contribution in [0.1, 0.15) is 11.1 Å². The van der Waals surface area contributed by atoms with E-state index >= 15 is 0 Å². The molecule has 0 aliphatic carbocycles. The molecule has 0 radical (unpaired) electrons. The van der Waals surface area contributed by atoms with Crippen LogP contribution in [-0.4, -0.2) is 28.3 Å². The molecule has 1 heterocycles. The fourth-order valence-corrected chi connectivity index (χ4v) is 3.87. The van der Waals surface area contributed by atoms with Gasteiger partial charge < -0.3 is 5.73 Å². The Balaban J connectivity index is 1.64. The van der Waals surface area contributed by atoms with Crippen LogP contribution in [0.15, 0.2) is 119 Å². The Morgan fingerprint density at radius 1 is 0.758 bits per heavy atom. The Morgan fingerprint density at radius 3 is 2.06 bits per heavy atom. The highest BCUT2D eigenvalue weighted by Crippen LogP contribution is 2.29. The van der Waals surface area contributed by atoms with Gasteiger partial charge >= 0.3 is 0 Å². The largest absolute Gasteiger partial charge is 0.383 e. The first kappa shape index (κ1) is 20.4. The van der Waals surface area contributed by atoms with Crippen LogP contribution in [0.4, 0.5) is 0 Å². The molecule has 0 atom stereocenters. The van der Waals surface area contributed by atoms with Crippen LogP contribution in [0, 0.1) is 0 Å². The number of amidine groups is 2. The molecule has 0 amide bonds. The van der Waals surface area contributed by atoms with Crippen molar-refractivity contribution in [3.05, 3.63) is 120 Å². The van der Waals surface area contributed by atoms with Crippen molar-refractivity contribution >= 4 is 22.7 Å². The Bertz CT molecular complexity index is 1450. The minimum atomic E-state index is 0.427. The zero-order valence-corrected chi connectivity index (χ0v) is 18.3. The van der Waals surface area contributed by atoms with Crippen LogP contribution in [0.5, 0.6) is 0 Å². The van der Waals surface area contributed by atoms with E-state index in [1.54, 1.807) is 7.05 Å². The summed E-state index contributed by atoms with van der Waals surface area (Å²) in [5.74, 6) is 1.88. The molecule has 160 valence electrons. The molecule has 5 nitrogen and oxygen atoms in total. The molecule has 0 unspecified atom stereocenters. The summed E-state index contributed by atoms with van der Waals surface area (Å²) in [4.78, 5) is 14.0. The second-order valence-corrected chi connectivity index (χ2v) is 7.59. The molecule has 0 saturated carbocycles. The lowest BCUT2D eigenvalue weighted by atomic mass is 10.1. The summed E-state index contributed by atoms with van der Waals surface area (Å²) in [5, 5.41) is 0. The number of hydrogen-bond donors (Lipinski definition) is 1. The number of aromatic nitrogens is 2. The number of rotatable bonds is 4. The molecule has 33 heavy (non-hydrogen) atoms. The first-order valence-corrected chi connectivity index (χ1v) is 10.7. The average molecular weight is 430 g/mol. The fraction of sp³-hybridized carbons (Fsp3) is 0.0357. The highest BCUT2D eigenvalue weighted by atomic mass is 15.1. The minimum Gasteiger partial charge on any atom is -0.383 e. The summed E-state index contributed by atoms with van der Waals surface area (Å²) in [6, 6.07) is 36.3. The van der Waals surface area contributed by atoms with Gasteiger partial charge in [0.05, 0.1) is 11.0 Å². The molecule has 5 aromatic rings. The lowest BCUT2D eigenvalue weighted by Gasteiger charge is -2.09. The van der Waals surface area contributed by atoms with E-state index in [-0.39, 0.29) is 0 Å². The molecule has 5 rings (SSSR count).